The zero-order valence-electron chi connectivity index (χ0n) is 18.4. The third-order valence-electron chi connectivity index (χ3n) is 5.77. The number of rotatable bonds is 6. The van der Waals surface area contributed by atoms with Gasteiger partial charge in [0.05, 0.1) is 17.6 Å². The van der Waals surface area contributed by atoms with Gasteiger partial charge in [-0.2, -0.15) is 0 Å². The van der Waals surface area contributed by atoms with E-state index >= 15 is 0 Å². The first-order chi connectivity index (χ1) is 14.3. The topological polar surface area (TPSA) is 47.4 Å². The first kappa shape index (κ1) is 20.5. The lowest BCUT2D eigenvalue weighted by atomic mass is 10.1. The minimum atomic E-state index is -0.162. The Bertz CT molecular complexity index is 1050. The summed E-state index contributed by atoms with van der Waals surface area (Å²) in [6.07, 6.45) is 1.41. The molecule has 2 aromatic carbocycles. The molecule has 0 radical (unpaired) electrons. The lowest BCUT2D eigenvalue weighted by Gasteiger charge is -2.32. The van der Waals surface area contributed by atoms with E-state index in [4.69, 9.17) is 9.72 Å². The standard InChI is InChI=1S/C25H31N3O2/c1-18-9-7-10-20(15-18)30-14-8-13-27-22-12-6-5-11-21(22)26-24(27)19-16-23(29)28(17-19)25(2,3)4/h5-7,9-12,15,19H,8,13-14,16-17H2,1-4H3/t19-/m1/s1. The number of amides is 1. The lowest BCUT2D eigenvalue weighted by Crippen LogP contribution is -2.42. The van der Waals surface area contributed by atoms with Crippen molar-refractivity contribution in [1.29, 1.82) is 0 Å². The van der Waals surface area contributed by atoms with E-state index in [0.717, 1.165) is 42.1 Å². The minimum Gasteiger partial charge on any atom is -0.494 e. The Hall–Kier alpha value is -2.82. The van der Waals surface area contributed by atoms with E-state index in [1.165, 1.54) is 5.56 Å². The molecule has 3 aromatic rings. The van der Waals surface area contributed by atoms with Gasteiger partial charge < -0.3 is 14.2 Å². The Morgan fingerprint density at radius 3 is 2.67 bits per heavy atom. The number of carbonyl (C=O) groups excluding carboxylic acids is 1. The van der Waals surface area contributed by atoms with Crippen molar-refractivity contribution in [3.05, 3.63) is 59.9 Å². The number of nitrogens with zero attached hydrogens (tertiary/aromatic N) is 3. The van der Waals surface area contributed by atoms with E-state index in [-0.39, 0.29) is 17.4 Å². The maximum atomic E-state index is 12.6. The van der Waals surface area contributed by atoms with Gasteiger partial charge in [-0.3, -0.25) is 4.79 Å². The van der Waals surface area contributed by atoms with Crippen molar-refractivity contribution in [2.45, 2.75) is 58.5 Å². The molecular formula is C25H31N3O2. The van der Waals surface area contributed by atoms with Crippen LogP contribution >= 0.6 is 0 Å². The number of imidazole rings is 1. The summed E-state index contributed by atoms with van der Waals surface area (Å²) in [5.74, 6) is 2.27. The highest BCUT2D eigenvalue weighted by atomic mass is 16.5. The Kier molecular flexibility index (Phi) is 5.54. The third kappa shape index (κ3) is 4.20. The predicted molar refractivity (Wildman–Crippen MR) is 120 cm³/mol. The number of aryl methyl sites for hydroxylation is 2. The molecule has 2 heterocycles. The van der Waals surface area contributed by atoms with E-state index in [1.807, 2.05) is 23.1 Å². The van der Waals surface area contributed by atoms with Crippen LogP contribution in [0.3, 0.4) is 0 Å². The molecule has 0 spiro atoms. The monoisotopic (exact) mass is 405 g/mol. The molecule has 1 atom stereocenters. The average molecular weight is 406 g/mol. The Labute approximate surface area is 178 Å². The molecular weight excluding hydrogens is 374 g/mol. The minimum absolute atomic E-state index is 0.127. The van der Waals surface area contributed by atoms with Crippen LogP contribution in [0.2, 0.25) is 0 Å². The highest BCUT2D eigenvalue weighted by Gasteiger charge is 2.38. The van der Waals surface area contributed by atoms with Crippen LogP contribution in [-0.2, 0) is 11.3 Å². The molecule has 5 nitrogen and oxygen atoms in total. The van der Waals surface area contributed by atoms with Crippen molar-refractivity contribution in [2.75, 3.05) is 13.2 Å². The van der Waals surface area contributed by atoms with Crippen LogP contribution in [0, 0.1) is 6.92 Å². The summed E-state index contributed by atoms with van der Waals surface area (Å²) in [6, 6.07) is 16.4. The van der Waals surface area contributed by atoms with Gasteiger partial charge in [-0.1, -0.05) is 24.3 Å². The number of para-hydroxylation sites is 2. The number of fused-ring (bicyclic) bond motifs is 1. The third-order valence-corrected chi connectivity index (χ3v) is 5.77. The molecule has 30 heavy (non-hydrogen) atoms. The molecule has 0 bridgehead atoms. The van der Waals surface area contributed by atoms with E-state index in [1.54, 1.807) is 0 Å². The molecule has 1 aliphatic heterocycles. The summed E-state index contributed by atoms with van der Waals surface area (Å²) < 4.78 is 8.24. The highest BCUT2D eigenvalue weighted by molar-refractivity contribution is 5.81. The summed E-state index contributed by atoms with van der Waals surface area (Å²) in [4.78, 5) is 19.6. The molecule has 1 saturated heterocycles. The molecule has 1 aromatic heterocycles. The summed E-state index contributed by atoms with van der Waals surface area (Å²) in [7, 11) is 0. The van der Waals surface area contributed by atoms with Crippen molar-refractivity contribution in [1.82, 2.24) is 14.5 Å². The second kappa shape index (κ2) is 8.13. The largest absolute Gasteiger partial charge is 0.494 e. The van der Waals surface area contributed by atoms with Crippen LogP contribution in [0.5, 0.6) is 5.75 Å². The predicted octanol–water partition coefficient (Wildman–Crippen LogP) is 4.93. The number of aromatic nitrogens is 2. The van der Waals surface area contributed by atoms with Crippen LogP contribution in [0.1, 0.15) is 50.9 Å². The smallest absolute Gasteiger partial charge is 0.223 e. The van der Waals surface area contributed by atoms with Gasteiger partial charge in [0.1, 0.15) is 11.6 Å². The number of benzene rings is 2. The second-order valence-electron chi connectivity index (χ2n) is 9.21. The van der Waals surface area contributed by atoms with Gasteiger partial charge in [0.25, 0.3) is 0 Å². The molecule has 5 heteroatoms. The Morgan fingerprint density at radius 2 is 1.93 bits per heavy atom. The SMILES string of the molecule is Cc1cccc(OCCCn2c([C@@H]3CC(=O)N(C(C)(C)C)C3)nc3ccccc32)c1. The van der Waals surface area contributed by atoms with Gasteiger partial charge in [0.15, 0.2) is 0 Å². The van der Waals surface area contributed by atoms with E-state index in [0.29, 0.717) is 13.0 Å². The van der Waals surface area contributed by atoms with Crippen molar-refractivity contribution in [3.8, 4) is 5.75 Å². The van der Waals surface area contributed by atoms with Gasteiger partial charge in [-0.15, -0.1) is 0 Å². The van der Waals surface area contributed by atoms with Crippen LogP contribution < -0.4 is 4.74 Å². The molecule has 0 aliphatic carbocycles. The van der Waals surface area contributed by atoms with Gasteiger partial charge in [0.2, 0.25) is 5.91 Å². The Balaban J connectivity index is 1.52. The van der Waals surface area contributed by atoms with Crippen molar-refractivity contribution < 1.29 is 9.53 Å². The molecule has 1 aliphatic rings. The van der Waals surface area contributed by atoms with Crippen molar-refractivity contribution >= 4 is 16.9 Å². The van der Waals surface area contributed by atoms with Crippen molar-refractivity contribution in [2.24, 2.45) is 0 Å². The molecule has 4 rings (SSSR count). The van der Waals surface area contributed by atoms with Crippen LogP contribution in [0.15, 0.2) is 48.5 Å². The van der Waals surface area contributed by atoms with E-state index < -0.39 is 0 Å². The fraction of sp³-hybridized carbons (Fsp3) is 0.440. The maximum Gasteiger partial charge on any atom is 0.223 e. The quantitative estimate of drug-likeness (QED) is 0.547. The highest BCUT2D eigenvalue weighted by Crippen LogP contribution is 2.34. The van der Waals surface area contributed by atoms with Crippen molar-refractivity contribution in [3.63, 3.8) is 0 Å². The maximum absolute atomic E-state index is 12.6. The summed E-state index contributed by atoms with van der Waals surface area (Å²) in [5, 5.41) is 0. The summed E-state index contributed by atoms with van der Waals surface area (Å²) >= 11 is 0. The molecule has 158 valence electrons. The summed E-state index contributed by atoms with van der Waals surface area (Å²) in [5.41, 5.74) is 3.16. The molecule has 0 N–H and O–H groups in total. The normalized spacial score (nSPS) is 17.1. The van der Waals surface area contributed by atoms with Gasteiger partial charge >= 0.3 is 0 Å². The lowest BCUT2D eigenvalue weighted by molar-refractivity contribution is -0.131. The fourth-order valence-corrected chi connectivity index (χ4v) is 4.29. The fourth-order valence-electron chi connectivity index (χ4n) is 4.29. The zero-order chi connectivity index (χ0) is 21.3. The zero-order valence-corrected chi connectivity index (χ0v) is 18.4. The molecule has 0 saturated carbocycles. The first-order valence-corrected chi connectivity index (χ1v) is 10.8. The number of likely N-dealkylation sites (tertiary alicyclic amines) is 1. The molecule has 1 fully saturated rings. The van der Waals surface area contributed by atoms with E-state index in [2.05, 4.69) is 62.6 Å². The van der Waals surface area contributed by atoms with Crippen LogP contribution in [0.4, 0.5) is 0 Å². The number of hydrogen-bond donors (Lipinski definition) is 0. The van der Waals surface area contributed by atoms with Gasteiger partial charge in [-0.25, -0.2) is 4.98 Å². The second-order valence-corrected chi connectivity index (χ2v) is 9.21. The van der Waals surface area contributed by atoms with E-state index in [9.17, 15) is 4.79 Å². The van der Waals surface area contributed by atoms with Gasteiger partial charge in [0, 0.05) is 31.0 Å². The summed E-state index contributed by atoms with van der Waals surface area (Å²) in [6.45, 7) is 10.6. The van der Waals surface area contributed by atoms with Crippen LogP contribution in [-0.4, -0.2) is 39.0 Å². The van der Waals surface area contributed by atoms with Gasteiger partial charge in [-0.05, 0) is 63.9 Å². The average Bonchev–Trinajstić information content (AvgIpc) is 3.26. The number of ether oxygens (including phenoxy) is 1. The molecule has 1 amide bonds. The van der Waals surface area contributed by atoms with Crippen LogP contribution in [0.25, 0.3) is 11.0 Å². The first-order valence-electron chi connectivity index (χ1n) is 10.8. The number of hydrogen-bond acceptors (Lipinski definition) is 3. The number of carbonyl (C=O) groups is 1. The Morgan fingerprint density at radius 1 is 1.13 bits per heavy atom. The molecule has 0 unspecified atom stereocenters.